The van der Waals surface area contributed by atoms with Crippen molar-refractivity contribution in [1.29, 1.82) is 0 Å². The molecule has 0 fully saturated rings. The van der Waals surface area contributed by atoms with Crippen molar-refractivity contribution >= 4 is 18.3 Å². The Kier molecular flexibility index (Phi) is 10.1. The number of nitrogens with zero attached hydrogens (tertiary/aromatic N) is 1. The van der Waals surface area contributed by atoms with Crippen molar-refractivity contribution in [1.82, 2.24) is 15.5 Å². The zero-order valence-corrected chi connectivity index (χ0v) is 13.4. The van der Waals surface area contributed by atoms with E-state index in [0.29, 0.717) is 13.1 Å². The van der Waals surface area contributed by atoms with E-state index < -0.39 is 0 Å². The fourth-order valence-electron chi connectivity index (χ4n) is 2.23. The molecule has 1 unspecified atom stereocenters. The van der Waals surface area contributed by atoms with Gasteiger partial charge in [0.2, 0.25) is 5.91 Å². The molecule has 1 atom stereocenters. The second-order valence-electron chi connectivity index (χ2n) is 4.48. The number of rotatable bonds is 8. The van der Waals surface area contributed by atoms with Crippen molar-refractivity contribution in [3.8, 4) is 0 Å². The number of hydrogen-bond acceptors (Lipinski definition) is 3. The Balaban J connectivity index is 0.00000361. The normalized spacial score (nSPS) is 11.8. The summed E-state index contributed by atoms with van der Waals surface area (Å²) in [5.74, 6) is 0.0376. The highest BCUT2D eigenvalue weighted by Crippen LogP contribution is 2.19. The average molecular weight is 300 g/mol. The number of nitrogens with one attached hydrogen (secondary N) is 2. The minimum atomic E-state index is 0. The molecule has 20 heavy (non-hydrogen) atoms. The lowest BCUT2D eigenvalue weighted by Gasteiger charge is -2.30. The van der Waals surface area contributed by atoms with Crippen LogP contribution >= 0.6 is 12.4 Å². The molecule has 0 spiro atoms. The molecule has 0 heterocycles. The first-order valence-electron chi connectivity index (χ1n) is 6.93. The monoisotopic (exact) mass is 299 g/mol. The molecule has 0 bridgehead atoms. The van der Waals surface area contributed by atoms with Crippen molar-refractivity contribution in [3.05, 3.63) is 35.9 Å². The predicted octanol–water partition coefficient (Wildman–Crippen LogP) is 1.83. The first-order chi connectivity index (χ1) is 9.22. The molecule has 5 heteroatoms. The minimum Gasteiger partial charge on any atom is -0.353 e. The van der Waals surface area contributed by atoms with E-state index in [-0.39, 0.29) is 24.4 Å². The lowest BCUT2D eigenvalue weighted by molar-refractivity contribution is -0.120. The van der Waals surface area contributed by atoms with Crippen LogP contribution in [-0.2, 0) is 4.79 Å². The summed E-state index contributed by atoms with van der Waals surface area (Å²) in [4.78, 5) is 13.9. The lowest BCUT2D eigenvalue weighted by atomic mass is 10.1. The van der Waals surface area contributed by atoms with Gasteiger partial charge in [0, 0.05) is 6.54 Å². The Morgan fingerprint density at radius 3 is 2.30 bits per heavy atom. The molecule has 2 N–H and O–H groups in total. The van der Waals surface area contributed by atoms with Gasteiger partial charge < -0.3 is 10.6 Å². The van der Waals surface area contributed by atoms with Gasteiger partial charge in [-0.1, -0.05) is 44.2 Å². The average Bonchev–Trinajstić information content (AvgIpc) is 2.44. The van der Waals surface area contributed by atoms with Gasteiger partial charge in [0.05, 0.1) is 12.6 Å². The van der Waals surface area contributed by atoms with Crippen molar-refractivity contribution in [2.45, 2.75) is 19.9 Å². The molecule has 1 rings (SSSR count). The van der Waals surface area contributed by atoms with Gasteiger partial charge in [0.25, 0.3) is 0 Å². The molecule has 1 aromatic rings. The van der Waals surface area contributed by atoms with Crippen molar-refractivity contribution in [2.24, 2.45) is 0 Å². The van der Waals surface area contributed by atoms with Crippen molar-refractivity contribution in [3.63, 3.8) is 0 Å². The Morgan fingerprint density at radius 1 is 1.20 bits per heavy atom. The molecular formula is C15H26ClN3O. The third-order valence-electron chi connectivity index (χ3n) is 3.27. The summed E-state index contributed by atoms with van der Waals surface area (Å²) >= 11 is 0. The summed E-state index contributed by atoms with van der Waals surface area (Å²) in [6, 6.07) is 10.6. The molecule has 0 aliphatic heterocycles. The molecule has 4 nitrogen and oxygen atoms in total. The molecule has 0 radical (unpaired) electrons. The van der Waals surface area contributed by atoms with Crippen LogP contribution in [0.2, 0.25) is 0 Å². The minimum absolute atomic E-state index is 0. The highest BCUT2D eigenvalue weighted by Gasteiger charge is 2.18. The fourth-order valence-corrected chi connectivity index (χ4v) is 2.23. The van der Waals surface area contributed by atoms with Crippen molar-refractivity contribution in [2.75, 3.05) is 33.2 Å². The predicted molar refractivity (Wildman–Crippen MR) is 86.3 cm³/mol. The van der Waals surface area contributed by atoms with Crippen LogP contribution in [0.25, 0.3) is 0 Å². The van der Waals surface area contributed by atoms with Gasteiger partial charge in [0.15, 0.2) is 0 Å². The number of carbonyl (C=O) groups excluding carboxylic acids is 1. The van der Waals surface area contributed by atoms with Gasteiger partial charge in [-0.3, -0.25) is 9.69 Å². The maximum atomic E-state index is 11.6. The number of likely N-dealkylation sites (N-methyl/N-ethyl adjacent to an activating group) is 2. The van der Waals surface area contributed by atoms with Crippen LogP contribution in [0.4, 0.5) is 0 Å². The van der Waals surface area contributed by atoms with Crippen LogP contribution < -0.4 is 10.6 Å². The Morgan fingerprint density at radius 2 is 1.80 bits per heavy atom. The third-order valence-corrected chi connectivity index (χ3v) is 3.27. The highest BCUT2D eigenvalue weighted by atomic mass is 35.5. The van der Waals surface area contributed by atoms with E-state index in [4.69, 9.17) is 0 Å². The van der Waals surface area contributed by atoms with Gasteiger partial charge in [-0.2, -0.15) is 0 Å². The molecule has 1 amide bonds. The smallest absolute Gasteiger partial charge is 0.234 e. The van der Waals surface area contributed by atoms with Crippen LogP contribution in [0.3, 0.4) is 0 Å². The van der Waals surface area contributed by atoms with E-state index in [1.807, 2.05) is 18.2 Å². The second-order valence-corrected chi connectivity index (χ2v) is 4.48. The molecule has 0 aliphatic rings. The molecular weight excluding hydrogens is 274 g/mol. The summed E-state index contributed by atoms with van der Waals surface area (Å²) in [7, 11) is 1.78. The first kappa shape index (κ1) is 18.9. The van der Waals surface area contributed by atoms with Crippen LogP contribution in [0.5, 0.6) is 0 Å². The van der Waals surface area contributed by atoms with Gasteiger partial charge in [-0.15, -0.1) is 12.4 Å². The van der Waals surface area contributed by atoms with Gasteiger partial charge >= 0.3 is 0 Å². The second kappa shape index (κ2) is 10.7. The zero-order chi connectivity index (χ0) is 14.1. The summed E-state index contributed by atoms with van der Waals surface area (Å²) in [6.07, 6.45) is 0. The van der Waals surface area contributed by atoms with Gasteiger partial charge in [0.1, 0.15) is 0 Å². The number of hydrogen-bond donors (Lipinski definition) is 2. The van der Waals surface area contributed by atoms with Crippen LogP contribution in [-0.4, -0.2) is 44.0 Å². The Hall–Kier alpha value is -1.10. The maximum absolute atomic E-state index is 11.6. The summed E-state index contributed by atoms with van der Waals surface area (Å²) in [6.45, 7) is 7.24. The molecule has 114 valence electrons. The van der Waals surface area contributed by atoms with E-state index in [1.165, 1.54) is 5.56 Å². The summed E-state index contributed by atoms with van der Waals surface area (Å²) in [5.41, 5.74) is 1.25. The lowest BCUT2D eigenvalue weighted by Crippen LogP contribution is -2.40. The van der Waals surface area contributed by atoms with Crippen LogP contribution in [0.15, 0.2) is 30.3 Å². The highest BCUT2D eigenvalue weighted by molar-refractivity contribution is 5.85. The quantitative estimate of drug-likeness (QED) is 0.770. The molecule has 0 saturated heterocycles. The number of amides is 1. The largest absolute Gasteiger partial charge is 0.353 e. The molecule has 0 saturated carbocycles. The van der Waals surface area contributed by atoms with E-state index in [0.717, 1.165) is 13.1 Å². The van der Waals surface area contributed by atoms with Crippen LogP contribution in [0.1, 0.15) is 25.5 Å². The molecule has 0 aromatic heterocycles. The number of benzene rings is 1. The zero-order valence-electron chi connectivity index (χ0n) is 12.6. The molecule has 0 aliphatic carbocycles. The Bertz CT molecular complexity index is 369. The first-order valence-corrected chi connectivity index (χ1v) is 6.93. The van der Waals surface area contributed by atoms with Crippen molar-refractivity contribution < 1.29 is 4.79 Å². The maximum Gasteiger partial charge on any atom is 0.234 e. The van der Waals surface area contributed by atoms with E-state index >= 15 is 0 Å². The van der Waals surface area contributed by atoms with E-state index in [9.17, 15) is 4.79 Å². The summed E-state index contributed by atoms with van der Waals surface area (Å²) in [5, 5.41) is 5.85. The molecule has 1 aromatic carbocycles. The van der Waals surface area contributed by atoms with Gasteiger partial charge in [-0.25, -0.2) is 0 Å². The number of carbonyl (C=O) groups is 1. The summed E-state index contributed by atoms with van der Waals surface area (Å²) < 4.78 is 0. The van der Waals surface area contributed by atoms with Gasteiger partial charge in [-0.05, 0) is 25.7 Å². The standard InChI is InChI=1S/C15H25N3O.ClH/c1-4-18(5-2)14(11-17-15(19)12-16-3)13-9-7-6-8-10-13;/h6-10,14,16H,4-5,11-12H2,1-3H3,(H,17,19);1H. The Labute approximate surface area is 128 Å². The van der Waals surface area contributed by atoms with E-state index in [2.05, 4.69) is 41.5 Å². The fraction of sp³-hybridized carbons (Fsp3) is 0.533. The van der Waals surface area contributed by atoms with E-state index in [1.54, 1.807) is 7.05 Å². The topological polar surface area (TPSA) is 44.4 Å². The number of halogens is 1. The third kappa shape index (κ3) is 5.90. The SMILES string of the molecule is CCN(CC)C(CNC(=O)CNC)c1ccccc1.Cl. The van der Waals surface area contributed by atoms with Crippen LogP contribution in [0, 0.1) is 0 Å².